The molecule has 0 saturated heterocycles. The van der Waals surface area contributed by atoms with Gasteiger partial charge in [-0.2, -0.15) is 0 Å². The summed E-state index contributed by atoms with van der Waals surface area (Å²) in [6.45, 7) is 1.17. The van der Waals surface area contributed by atoms with Gasteiger partial charge in [-0.05, 0) is 36.4 Å². The maximum atomic E-state index is 12.4. The highest BCUT2D eigenvalue weighted by Gasteiger charge is 2.26. The number of rotatable bonds is 3. The lowest BCUT2D eigenvalue weighted by Crippen LogP contribution is -2.39. The van der Waals surface area contributed by atoms with Crippen LogP contribution in [0, 0.1) is 0 Å². The molecule has 0 aliphatic carbocycles. The van der Waals surface area contributed by atoms with Gasteiger partial charge < -0.3 is 10.2 Å². The molecular weight excluding hydrogens is 378 g/mol. The number of halogens is 2. The molecule has 2 heterocycles. The van der Waals surface area contributed by atoms with E-state index in [0.717, 1.165) is 16.0 Å². The van der Waals surface area contributed by atoms with Crippen LogP contribution in [0.1, 0.15) is 0 Å². The molecule has 118 valence electrons. The van der Waals surface area contributed by atoms with Crippen molar-refractivity contribution in [3.63, 3.8) is 0 Å². The molecule has 0 fully saturated rings. The lowest BCUT2D eigenvalue weighted by atomic mass is 10.1. The quantitative estimate of drug-likeness (QED) is 0.807. The molecule has 1 aromatic heterocycles. The highest BCUT2D eigenvalue weighted by molar-refractivity contribution is 9.10. The van der Waals surface area contributed by atoms with Crippen molar-refractivity contribution in [3.8, 4) is 0 Å². The Hall–Kier alpha value is -1.85. The highest BCUT2D eigenvalue weighted by atomic mass is 79.9. The Balaban J connectivity index is 1.69. The van der Waals surface area contributed by atoms with Crippen LogP contribution in [0.15, 0.2) is 64.8 Å². The summed E-state index contributed by atoms with van der Waals surface area (Å²) in [4.78, 5) is 18.8. The summed E-state index contributed by atoms with van der Waals surface area (Å²) in [5.41, 5.74) is 1.34. The number of aromatic nitrogens is 1. The summed E-state index contributed by atoms with van der Waals surface area (Å²) in [6.07, 6.45) is 3.61. The Morgan fingerprint density at radius 2 is 2.04 bits per heavy atom. The molecule has 1 N–H and O–H groups in total. The Kier molecular flexibility index (Phi) is 4.98. The minimum absolute atomic E-state index is 0.159. The Morgan fingerprint density at radius 1 is 1.26 bits per heavy atom. The first kappa shape index (κ1) is 16.0. The van der Waals surface area contributed by atoms with Crippen LogP contribution < -0.4 is 10.2 Å². The van der Waals surface area contributed by atoms with Crippen molar-refractivity contribution in [1.82, 2.24) is 4.98 Å². The van der Waals surface area contributed by atoms with Gasteiger partial charge in [0.1, 0.15) is 5.82 Å². The van der Waals surface area contributed by atoms with E-state index in [-0.39, 0.29) is 11.3 Å². The third-order valence-corrected chi connectivity index (χ3v) is 4.49. The second-order valence-electron chi connectivity index (χ2n) is 5.18. The first-order valence-corrected chi connectivity index (χ1v) is 8.43. The van der Waals surface area contributed by atoms with Crippen LogP contribution in [0.4, 0.5) is 11.5 Å². The molecule has 1 amide bonds. The monoisotopic (exact) mass is 391 g/mol. The zero-order valence-corrected chi connectivity index (χ0v) is 14.6. The molecule has 1 unspecified atom stereocenters. The summed E-state index contributed by atoms with van der Waals surface area (Å²) in [7, 11) is 0. The Bertz CT molecular complexity index is 718. The third-order valence-electron chi connectivity index (χ3n) is 3.59. The van der Waals surface area contributed by atoms with Gasteiger partial charge in [0.25, 0.3) is 5.91 Å². The second kappa shape index (κ2) is 7.15. The molecule has 6 heteroatoms. The minimum Gasteiger partial charge on any atom is -0.351 e. The number of benzene rings is 1. The maximum Gasteiger partial charge on any atom is 0.252 e. The molecule has 0 radical (unpaired) electrons. The van der Waals surface area contributed by atoms with Gasteiger partial charge in [-0.3, -0.25) is 4.79 Å². The van der Waals surface area contributed by atoms with E-state index >= 15 is 0 Å². The first-order valence-electron chi connectivity index (χ1n) is 7.20. The fourth-order valence-corrected chi connectivity index (χ4v) is 3.02. The second-order valence-corrected chi connectivity index (χ2v) is 6.62. The smallest absolute Gasteiger partial charge is 0.252 e. The number of carbonyl (C=O) groups excluding carboxylic acids is 1. The van der Waals surface area contributed by atoms with Gasteiger partial charge in [0.15, 0.2) is 0 Å². The van der Waals surface area contributed by atoms with Crippen molar-refractivity contribution >= 4 is 44.9 Å². The third kappa shape index (κ3) is 3.92. The molecule has 2 aromatic rings. The number of hydrogen-bond donors (Lipinski definition) is 1. The van der Waals surface area contributed by atoms with Gasteiger partial charge in [-0.15, -0.1) is 11.6 Å². The summed E-state index contributed by atoms with van der Waals surface area (Å²) < 4.78 is 0.966. The molecule has 1 aliphatic rings. The molecule has 1 atom stereocenters. The average Bonchev–Trinajstić information content (AvgIpc) is 2.57. The highest BCUT2D eigenvalue weighted by Crippen LogP contribution is 2.23. The van der Waals surface area contributed by atoms with Crippen molar-refractivity contribution in [1.29, 1.82) is 0 Å². The molecule has 0 bridgehead atoms. The van der Waals surface area contributed by atoms with E-state index in [1.165, 1.54) is 0 Å². The SMILES string of the molecule is O=C(Nc1ccc(Br)cc1)C1=CCN(c2ccccn2)CC1Cl. The van der Waals surface area contributed by atoms with Crippen molar-refractivity contribution in [3.05, 3.63) is 64.8 Å². The van der Waals surface area contributed by atoms with E-state index in [1.54, 1.807) is 6.20 Å². The Labute approximate surface area is 148 Å². The predicted octanol–water partition coefficient (Wildman–Crippen LogP) is 3.84. The van der Waals surface area contributed by atoms with Gasteiger partial charge >= 0.3 is 0 Å². The summed E-state index contributed by atoms with van der Waals surface area (Å²) in [5, 5.41) is 2.50. The van der Waals surface area contributed by atoms with Crippen LogP contribution in [0.25, 0.3) is 0 Å². The molecule has 23 heavy (non-hydrogen) atoms. The predicted molar refractivity (Wildman–Crippen MR) is 96.9 cm³/mol. The van der Waals surface area contributed by atoms with Crippen LogP contribution in [0.5, 0.6) is 0 Å². The molecule has 0 spiro atoms. The van der Waals surface area contributed by atoms with Crippen molar-refractivity contribution < 1.29 is 4.79 Å². The zero-order chi connectivity index (χ0) is 16.2. The van der Waals surface area contributed by atoms with Gasteiger partial charge in [-0.25, -0.2) is 4.98 Å². The molecule has 1 aliphatic heterocycles. The normalized spacial score (nSPS) is 17.6. The molecule has 4 nitrogen and oxygen atoms in total. The number of alkyl halides is 1. The van der Waals surface area contributed by atoms with E-state index in [9.17, 15) is 4.79 Å². The van der Waals surface area contributed by atoms with Crippen LogP contribution in [0.2, 0.25) is 0 Å². The number of nitrogens with one attached hydrogen (secondary N) is 1. The first-order chi connectivity index (χ1) is 11.1. The van der Waals surface area contributed by atoms with Gasteiger partial charge in [0.2, 0.25) is 0 Å². The van der Waals surface area contributed by atoms with Crippen LogP contribution in [-0.4, -0.2) is 29.4 Å². The van der Waals surface area contributed by atoms with Crippen molar-refractivity contribution in [2.75, 3.05) is 23.3 Å². The van der Waals surface area contributed by atoms with E-state index < -0.39 is 0 Å². The number of carbonyl (C=O) groups is 1. The fourth-order valence-electron chi connectivity index (χ4n) is 2.40. The minimum atomic E-state index is -0.374. The number of hydrogen-bond acceptors (Lipinski definition) is 3. The standard InChI is InChI=1S/C17H15BrClN3O/c18-12-4-6-13(7-5-12)21-17(23)14-8-10-22(11-15(14)19)16-3-1-2-9-20-16/h1-9,15H,10-11H2,(H,21,23). The zero-order valence-electron chi connectivity index (χ0n) is 12.2. The van der Waals surface area contributed by atoms with Crippen molar-refractivity contribution in [2.24, 2.45) is 0 Å². The fraction of sp³-hybridized carbons (Fsp3) is 0.176. The topological polar surface area (TPSA) is 45.2 Å². The summed E-state index contributed by atoms with van der Waals surface area (Å²) in [6, 6.07) is 13.2. The lowest BCUT2D eigenvalue weighted by molar-refractivity contribution is -0.113. The number of nitrogens with zero attached hydrogens (tertiary/aromatic N) is 2. The average molecular weight is 393 g/mol. The van der Waals surface area contributed by atoms with Crippen LogP contribution >= 0.6 is 27.5 Å². The molecule has 1 aromatic carbocycles. The van der Waals surface area contributed by atoms with E-state index in [4.69, 9.17) is 11.6 Å². The van der Waals surface area contributed by atoms with Crippen LogP contribution in [-0.2, 0) is 4.79 Å². The van der Waals surface area contributed by atoms with Gasteiger partial charge in [0.05, 0.1) is 5.38 Å². The summed E-state index contributed by atoms with van der Waals surface area (Å²) >= 11 is 9.78. The molecule has 3 rings (SSSR count). The van der Waals surface area contributed by atoms with Crippen molar-refractivity contribution in [2.45, 2.75) is 5.38 Å². The van der Waals surface area contributed by atoms with Gasteiger partial charge in [0, 0.05) is 35.0 Å². The number of anilines is 2. The largest absolute Gasteiger partial charge is 0.351 e. The molecule has 0 saturated carbocycles. The maximum absolute atomic E-state index is 12.4. The van der Waals surface area contributed by atoms with E-state index in [2.05, 4.69) is 26.2 Å². The molecular formula is C17H15BrClN3O. The van der Waals surface area contributed by atoms with Crippen LogP contribution in [0.3, 0.4) is 0 Å². The van der Waals surface area contributed by atoms with Gasteiger partial charge in [-0.1, -0.05) is 28.1 Å². The lowest BCUT2D eigenvalue weighted by Gasteiger charge is -2.30. The van der Waals surface area contributed by atoms with E-state index in [0.29, 0.717) is 18.7 Å². The Morgan fingerprint density at radius 3 is 2.70 bits per heavy atom. The summed E-state index contributed by atoms with van der Waals surface area (Å²) in [5.74, 6) is 0.703. The van der Waals surface area contributed by atoms with E-state index in [1.807, 2.05) is 53.4 Å². The number of amides is 1. The number of pyridine rings is 1.